The molecular formula is C7H13NO2S. The predicted octanol–water partition coefficient (Wildman–Crippen LogP) is 0.382. The Morgan fingerprint density at radius 1 is 1.82 bits per heavy atom. The van der Waals surface area contributed by atoms with Crippen molar-refractivity contribution < 1.29 is 9.53 Å². The van der Waals surface area contributed by atoms with Crippen LogP contribution in [0, 0.1) is 0 Å². The number of thioether (sulfide) groups is 1. The summed E-state index contributed by atoms with van der Waals surface area (Å²) < 4.78 is 4.86. The zero-order chi connectivity index (χ0) is 8.27. The van der Waals surface area contributed by atoms with E-state index >= 15 is 0 Å². The lowest BCUT2D eigenvalue weighted by Crippen LogP contribution is -2.23. The van der Waals surface area contributed by atoms with Crippen molar-refractivity contribution in [3.05, 3.63) is 0 Å². The average molecular weight is 175 g/mol. The predicted molar refractivity (Wildman–Crippen MR) is 45.5 cm³/mol. The molecular weight excluding hydrogens is 162 g/mol. The summed E-state index contributed by atoms with van der Waals surface area (Å²) >= 11 is 1.60. The van der Waals surface area contributed by atoms with Gasteiger partial charge in [0.2, 0.25) is 0 Å². The molecule has 0 aromatic heterocycles. The number of carbonyl (C=O) groups excluding carboxylic acids is 1. The van der Waals surface area contributed by atoms with Crippen molar-refractivity contribution in [2.45, 2.75) is 24.6 Å². The molecule has 0 amide bonds. The quantitative estimate of drug-likeness (QED) is 0.616. The van der Waals surface area contributed by atoms with Crippen molar-refractivity contribution in [3.8, 4) is 0 Å². The second-order valence-corrected chi connectivity index (χ2v) is 3.81. The highest BCUT2D eigenvalue weighted by molar-refractivity contribution is 8.00. The summed E-state index contributed by atoms with van der Waals surface area (Å²) in [5.41, 5.74) is 5.63. The third-order valence-corrected chi connectivity index (χ3v) is 2.99. The molecule has 0 radical (unpaired) electrons. The Morgan fingerprint density at radius 3 is 3.00 bits per heavy atom. The monoisotopic (exact) mass is 175 g/mol. The standard InChI is InChI=1S/C7H13NO2S/c1-2-10-7(9)6-3-5(8)4-11-6/h5-6H,2-4,8H2,1H3/t5-,6-/m0/s1. The second kappa shape index (κ2) is 3.97. The molecule has 0 aliphatic carbocycles. The SMILES string of the molecule is CCOC(=O)[C@@H]1C[C@H](N)CS1. The summed E-state index contributed by atoms with van der Waals surface area (Å²) in [6.07, 6.45) is 0.767. The van der Waals surface area contributed by atoms with E-state index in [-0.39, 0.29) is 17.3 Å². The molecule has 1 fully saturated rings. The number of ether oxygens (including phenoxy) is 1. The number of esters is 1. The molecule has 1 heterocycles. The van der Waals surface area contributed by atoms with Crippen LogP contribution in [0.2, 0.25) is 0 Å². The Bertz CT molecular complexity index is 151. The largest absolute Gasteiger partial charge is 0.465 e. The van der Waals surface area contributed by atoms with Crippen LogP contribution in [0.4, 0.5) is 0 Å². The molecule has 0 spiro atoms. The van der Waals surface area contributed by atoms with Crippen molar-refractivity contribution in [1.82, 2.24) is 0 Å². The normalized spacial score (nSPS) is 30.4. The third kappa shape index (κ3) is 2.38. The van der Waals surface area contributed by atoms with Crippen LogP contribution in [0.3, 0.4) is 0 Å². The molecule has 4 heteroatoms. The van der Waals surface area contributed by atoms with Gasteiger partial charge in [-0.25, -0.2) is 0 Å². The van der Waals surface area contributed by atoms with Gasteiger partial charge in [0.1, 0.15) is 5.25 Å². The lowest BCUT2D eigenvalue weighted by molar-refractivity contribution is -0.142. The fourth-order valence-corrected chi connectivity index (χ4v) is 2.25. The van der Waals surface area contributed by atoms with E-state index in [0.29, 0.717) is 6.61 Å². The van der Waals surface area contributed by atoms with Gasteiger partial charge in [0.25, 0.3) is 0 Å². The van der Waals surface area contributed by atoms with E-state index in [9.17, 15) is 4.79 Å². The smallest absolute Gasteiger partial charge is 0.319 e. The maximum atomic E-state index is 11.1. The van der Waals surface area contributed by atoms with Crippen LogP contribution in [0.15, 0.2) is 0 Å². The Kier molecular flexibility index (Phi) is 3.20. The van der Waals surface area contributed by atoms with Crippen molar-refractivity contribution in [3.63, 3.8) is 0 Å². The highest BCUT2D eigenvalue weighted by Gasteiger charge is 2.29. The van der Waals surface area contributed by atoms with Gasteiger partial charge in [-0.15, -0.1) is 11.8 Å². The van der Waals surface area contributed by atoms with E-state index in [2.05, 4.69) is 0 Å². The van der Waals surface area contributed by atoms with E-state index in [0.717, 1.165) is 12.2 Å². The second-order valence-electron chi connectivity index (χ2n) is 2.57. The van der Waals surface area contributed by atoms with Crippen molar-refractivity contribution in [2.24, 2.45) is 5.73 Å². The van der Waals surface area contributed by atoms with E-state index < -0.39 is 0 Å². The Balaban J connectivity index is 2.31. The first kappa shape index (κ1) is 8.87. The van der Waals surface area contributed by atoms with Gasteiger partial charge in [0, 0.05) is 11.8 Å². The number of rotatable bonds is 2. The van der Waals surface area contributed by atoms with E-state index in [1.54, 1.807) is 11.8 Å². The maximum absolute atomic E-state index is 11.1. The van der Waals surface area contributed by atoms with E-state index in [4.69, 9.17) is 10.5 Å². The molecule has 2 atom stereocenters. The minimum Gasteiger partial charge on any atom is -0.465 e. The highest BCUT2D eigenvalue weighted by Crippen LogP contribution is 2.26. The van der Waals surface area contributed by atoms with Crippen LogP contribution in [-0.4, -0.2) is 29.6 Å². The van der Waals surface area contributed by atoms with Crippen molar-refractivity contribution in [1.29, 1.82) is 0 Å². The van der Waals surface area contributed by atoms with Gasteiger partial charge < -0.3 is 10.5 Å². The first-order valence-electron chi connectivity index (χ1n) is 3.78. The van der Waals surface area contributed by atoms with Crippen LogP contribution in [-0.2, 0) is 9.53 Å². The van der Waals surface area contributed by atoms with Gasteiger partial charge in [-0.3, -0.25) is 4.79 Å². The molecule has 1 aliphatic heterocycles. The molecule has 3 nitrogen and oxygen atoms in total. The Hall–Kier alpha value is -0.220. The molecule has 11 heavy (non-hydrogen) atoms. The minimum absolute atomic E-state index is 0.00931. The van der Waals surface area contributed by atoms with Gasteiger partial charge in [-0.2, -0.15) is 0 Å². The van der Waals surface area contributed by atoms with Crippen molar-refractivity contribution in [2.75, 3.05) is 12.4 Å². The van der Waals surface area contributed by atoms with Gasteiger partial charge in [-0.05, 0) is 13.3 Å². The molecule has 0 saturated carbocycles. The molecule has 0 unspecified atom stereocenters. The molecule has 0 aromatic carbocycles. The van der Waals surface area contributed by atoms with Crippen LogP contribution < -0.4 is 5.73 Å². The number of nitrogens with two attached hydrogens (primary N) is 1. The number of hydrogen-bond donors (Lipinski definition) is 1. The number of hydrogen-bond acceptors (Lipinski definition) is 4. The lowest BCUT2D eigenvalue weighted by Gasteiger charge is -2.06. The third-order valence-electron chi connectivity index (χ3n) is 1.58. The first-order chi connectivity index (χ1) is 5.24. The first-order valence-corrected chi connectivity index (χ1v) is 4.82. The topological polar surface area (TPSA) is 52.3 Å². The summed E-state index contributed by atoms with van der Waals surface area (Å²) in [6.45, 7) is 2.28. The molecule has 64 valence electrons. The fourth-order valence-electron chi connectivity index (χ4n) is 1.05. The zero-order valence-electron chi connectivity index (χ0n) is 6.58. The molecule has 2 N–H and O–H groups in total. The molecule has 0 aromatic rings. The highest BCUT2D eigenvalue weighted by atomic mass is 32.2. The van der Waals surface area contributed by atoms with Crippen LogP contribution >= 0.6 is 11.8 Å². The average Bonchev–Trinajstić information content (AvgIpc) is 2.36. The molecule has 0 bridgehead atoms. The van der Waals surface area contributed by atoms with E-state index in [1.165, 1.54) is 0 Å². The number of carbonyl (C=O) groups is 1. The van der Waals surface area contributed by atoms with Crippen LogP contribution in [0.25, 0.3) is 0 Å². The molecule has 1 rings (SSSR count). The Morgan fingerprint density at radius 2 is 2.55 bits per heavy atom. The molecule has 1 saturated heterocycles. The summed E-state index contributed by atoms with van der Waals surface area (Å²) in [5, 5.41) is -0.00931. The van der Waals surface area contributed by atoms with Gasteiger partial charge in [0.15, 0.2) is 0 Å². The maximum Gasteiger partial charge on any atom is 0.319 e. The summed E-state index contributed by atoms with van der Waals surface area (Å²) in [4.78, 5) is 11.1. The molecule has 1 aliphatic rings. The van der Waals surface area contributed by atoms with Crippen LogP contribution in [0.5, 0.6) is 0 Å². The summed E-state index contributed by atoms with van der Waals surface area (Å²) in [5.74, 6) is 0.772. The van der Waals surface area contributed by atoms with E-state index in [1.807, 2.05) is 6.92 Å². The van der Waals surface area contributed by atoms with Gasteiger partial charge in [-0.1, -0.05) is 0 Å². The summed E-state index contributed by atoms with van der Waals surface area (Å²) in [6, 6.07) is 0.175. The fraction of sp³-hybridized carbons (Fsp3) is 0.857. The Labute approximate surface area is 70.7 Å². The lowest BCUT2D eigenvalue weighted by atomic mass is 10.2. The van der Waals surface area contributed by atoms with Crippen LogP contribution in [0.1, 0.15) is 13.3 Å². The van der Waals surface area contributed by atoms with Gasteiger partial charge in [0.05, 0.1) is 6.61 Å². The zero-order valence-corrected chi connectivity index (χ0v) is 7.39. The van der Waals surface area contributed by atoms with Crippen molar-refractivity contribution >= 4 is 17.7 Å². The van der Waals surface area contributed by atoms with Gasteiger partial charge >= 0.3 is 5.97 Å². The minimum atomic E-state index is -0.106. The summed E-state index contributed by atoms with van der Waals surface area (Å²) in [7, 11) is 0.